The molecule has 4 rings (SSSR count). The Morgan fingerprint density at radius 3 is 1.76 bits per heavy atom. The maximum absolute atomic E-state index is 13.1. The molecule has 2 unspecified atom stereocenters. The number of carbonyl (C=O) groups excluding carboxylic acids is 2. The van der Waals surface area contributed by atoms with E-state index in [0.29, 0.717) is 17.8 Å². The molecule has 0 heterocycles. The maximum atomic E-state index is 13.1. The lowest BCUT2D eigenvalue weighted by Gasteiger charge is -2.56. The van der Waals surface area contributed by atoms with Gasteiger partial charge in [-0.1, -0.05) is 0 Å². The second-order valence-corrected chi connectivity index (χ2v) is 11.7. The normalized spacial score (nSPS) is 36.3. The summed E-state index contributed by atoms with van der Waals surface area (Å²) in [6.45, 7) is 6.04. The van der Waals surface area contributed by atoms with E-state index in [4.69, 9.17) is 4.74 Å². The van der Waals surface area contributed by atoms with Crippen LogP contribution in [0.15, 0.2) is 0 Å². The molecule has 142 valence electrons. The molecular formula is C19H30O5S. The van der Waals surface area contributed by atoms with Crippen LogP contribution >= 0.6 is 0 Å². The number of hydrogen-bond donors (Lipinski definition) is 0. The van der Waals surface area contributed by atoms with Crippen LogP contribution in [0.1, 0.15) is 66.2 Å². The Morgan fingerprint density at radius 1 is 0.920 bits per heavy atom. The Bertz CT molecular complexity index is 628. The average Bonchev–Trinajstić information content (AvgIpc) is 2.51. The van der Waals surface area contributed by atoms with Crippen molar-refractivity contribution < 1.29 is 22.7 Å². The van der Waals surface area contributed by atoms with Crippen molar-refractivity contribution >= 4 is 21.6 Å². The van der Waals surface area contributed by atoms with Gasteiger partial charge in [-0.25, -0.2) is 8.42 Å². The lowest BCUT2D eigenvalue weighted by molar-refractivity contribution is -0.164. The number of rotatable bonds is 6. The molecule has 0 radical (unpaired) electrons. The fourth-order valence-corrected chi connectivity index (χ4v) is 6.85. The number of hydrogen-bond acceptors (Lipinski definition) is 5. The van der Waals surface area contributed by atoms with Crippen LogP contribution in [0.5, 0.6) is 0 Å². The van der Waals surface area contributed by atoms with Gasteiger partial charge < -0.3 is 4.74 Å². The molecule has 0 aromatic carbocycles. The first-order chi connectivity index (χ1) is 11.5. The molecule has 0 aliphatic heterocycles. The highest BCUT2D eigenvalue weighted by molar-refractivity contribution is 7.93. The molecule has 0 amide bonds. The lowest BCUT2D eigenvalue weighted by atomic mass is 9.48. The van der Waals surface area contributed by atoms with Gasteiger partial charge in [0.15, 0.2) is 27.0 Å². The third kappa shape index (κ3) is 3.26. The van der Waals surface area contributed by atoms with Crippen molar-refractivity contribution in [1.82, 2.24) is 0 Å². The van der Waals surface area contributed by atoms with Gasteiger partial charge in [0.05, 0.1) is 5.25 Å². The Balaban J connectivity index is 1.68. The van der Waals surface area contributed by atoms with E-state index in [2.05, 4.69) is 0 Å². The van der Waals surface area contributed by atoms with Gasteiger partial charge in [0, 0.05) is 5.41 Å². The van der Waals surface area contributed by atoms with E-state index in [1.54, 1.807) is 20.8 Å². The van der Waals surface area contributed by atoms with Crippen molar-refractivity contribution in [3.63, 3.8) is 0 Å². The first-order valence-corrected chi connectivity index (χ1v) is 11.1. The van der Waals surface area contributed by atoms with Crippen molar-refractivity contribution in [2.75, 3.05) is 0 Å². The van der Waals surface area contributed by atoms with Crippen molar-refractivity contribution in [1.29, 1.82) is 0 Å². The molecule has 2 atom stereocenters. The number of esters is 1. The van der Waals surface area contributed by atoms with Gasteiger partial charge in [-0.05, 0) is 84.0 Å². The summed E-state index contributed by atoms with van der Waals surface area (Å²) < 4.78 is 29.7. The van der Waals surface area contributed by atoms with Gasteiger partial charge in [-0.3, -0.25) is 9.59 Å². The Labute approximate surface area is 150 Å². The van der Waals surface area contributed by atoms with Crippen LogP contribution in [-0.2, 0) is 24.2 Å². The van der Waals surface area contributed by atoms with Gasteiger partial charge in [-0.15, -0.1) is 0 Å². The topological polar surface area (TPSA) is 77.5 Å². The summed E-state index contributed by atoms with van der Waals surface area (Å²) in [5.41, 5.74) is -0.339. The Kier molecular flexibility index (Phi) is 4.80. The van der Waals surface area contributed by atoms with Crippen LogP contribution in [0, 0.1) is 23.2 Å². The van der Waals surface area contributed by atoms with Crippen LogP contribution < -0.4 is 0 Å². The van der Waals surface area contributed by atoms with Gasteiger partial charge in [-0.2, -0.15) is 0 Å². The van der Waals surface area contributed by atoms with Crippen LogP contribution in [0.4, 0.5) is 0 Å². The lowest BCUT2D eigenvalue weighted by Crippen LogP contribution is -2.53. The molecule has 4 saturated carbocycles. The largest absolute Gasteiger partial charge is 0.454 e. The quantitative estimate of drug-likeness (QED) is 0.672. The molecule has 0 spiro atoms. The standard InChI is InChI=1S/C19H30O5S/c1-11(2)25(22,23)13(4)18(21)24-12(3)17(20)19-8-14-5-15(9-19)7-16(6-14)10-19/h11-16H,5-10H2,1-4H3. The van der Waals surface area contributed by atoms with E-state index >= 15 is 0 Å². The fraction of sp³-hybridized carbons (Fsp3) is 0.895. The summed E-state index contributed by atoms with van der Waals surface area (Å²) in [6, 6.07) is 0. The van der Waals surface area contributed by atoms with Crippen LogP contribution in [0.2, 0.25) is 0 Å². The molecule has 4 aliphatic rings. The molecule has 0 aromatic heterocycles. The highest BCUT2D eigenvalue weighted by Crippen LogP contribution is 2.60. The van der Waals surface area contributed by atoms with Crippen LogP contribution in [0.3, 0.4) is 0 Å². The Hall–Kier alpha value is -0.910. The smallest absolute Gasteiger partial charge is 0.324 e. The number of ketones is 1. The molecule has 0 saturated heterocycles. The molecule has 4 aliphatic carbocycles. The molecule has 4 bridgehead atoms. The number of ether oxygens (including phenoxy) is 1. The van der Waals surface area contributed by atoms with E-state index in [9.17, 15) is 18.0 Å². The minimum atomic E-state index is -3.58. The molecule has 0 N–H and O–H groups in total. The molecule has 0 aromatic rings. The number of Topliss-reactive ketones (excluding diaryl/α,β-unsaturated/α-hetero) is 1. The van der Waals surface area contributed by atoms with Crippen molar-refractivity contribution in [3.8, 4) is 0 Å². The number of sulfone groups is 1. The fourth-order valence-electron chi connectivity index (χ4n) is 5.71. The third-order valence-corrected chi connectivity index (χ3v) is 9.20. The zero-order valence-electron chi connectivity index (χ0n) is 15.7. The first kappa shape index (κ1) is 18.9. The molecule has 5 nitrogen and oxygen atoms in total. The van der Waals surface area contributed by atoms with Gasteiger partial charge in [0.2, 0.25) is 0 Å². The summed E-state index contributed by atoms with van der Waals surface area (Å²) in [7, 11) is -3.58. The second-order valence-electron chi connectivity index (χ2n) is 8.92. The van der Waals surface area contributed by atoms with E-state index in [1.165, 1.54) is 26.2 Å². The van der Waals surface area contributed by atoms with Gasteiger partial charge in [0.1, 0.15) is 0 Å². The van der Waals surface area contributed by atoms with Gasteiger partial charge >= 0.3 is 5.97 Å². The monoisotopic (exact) mass is 370 g/mol. The summed E-state index contributed by atoms with van der Waals surface area (Å²) in [5, 5.41) is -1.89. The minimum Gasteiger partial charge on any atom is -0.454 e. The third-order valence-electron chi connectivity index (χ3n) is 6.70. The van der Waals surface area contributed by atoms with E-state index in [-0.39, 0.29) is 11.2 Å². The summed E-state index contributed by atoms with van der Waals surface area (Å²) in [4.78, 5) is 25.4. The summed E-state index contributed by atoms with van der Waals surface area (Å²) >= 11 is 0. The molecule has 4 fully saturated rings. The number of carbonyl (C=O) groups is 2. The van der Waals surface area contributed by atoms with E-state index < -0.39 is 32.4 Å². The molecule has 6 heteroatoms. The summed E-state index contributed by atoms with van der Waals surface area (Å²) in [6.07, 6.45) is 5.60. The van der Waals surface area contributed by atoms with E-state index in [1.807, 2.05) is 0 Å². The van der Waals surface area contributed by atoms with Crippen molar-refractivity contribution in [2.45, 2.75) is 82.8 Å². The first-order valence-electron chi connectivity index (χ1n) is 9.52. The SMILES string of the molecule is CC(OC(=O)C(C)S(=O)(=O)C(C)C)C(=O)C12CC3CC(CC(C3)C1)C2. The minimum absolute atomic E-state index is 0.00842. The average molecular weight is 371 g/mol. The zero-order chi connectivity index (χ0) is 18.6. The van der Waals surface area contributed by atoms with Crippen LogP contribution in [0.25, 0.3) is 0 Å². The van der Waals surface area contributed by atoms with Gasteiger partial charge in [0.25, 0.3) is 0 Å². The predicted octanol–water partition coefficient (Wildman–Crippen LogP) is 2.92. The van der Waals surface area contributed by atoms with Crippen molar-refractivity contribution in [2.24, 2.45) is 23.2 Å². The van der Waals surface area contributed by atoms with Crippen molar-refractivity contribution in [3.05, 3.63) is 0 Å². The summed E-state index contributed by atoms with van der Waals surface area (Å²) in [5.74, 6) is 1.11. The molecule has 25 heavy (non-hydrogen) atoms. The second kappa shape index (κ2) is 6.36. The highest BCUT2D eigenvalue weighted by atomic mass is 32.2. The molecular weight excluding hydrogens is 340 g/mol. The predicted molar refractivity (Wildman–Crippen MR) is 94.7 cm³/mol. The van der Waals surface area contributed by atoms with E-state index in [0.717, 1.165) is 19.3 Å². The van der Waals surface area contributed by atoms with Crippen LogP contribution in [-0.4, -0.2) is 36.8 Å². The highest BCUT2D eigenvalue weighted by Gasteiger charge is 2.55. The zero-order valence-corrected chi connectivity index (χ0v) is 16.5. The Morgan fingerprint density at radius 2 is 1.36 bits per heavy atom. The maximum Gasteiger partial charge on any atom is 0.324 e.